The Morgan fingerprint density at radius 2 is 2.14 bits per heavy atom. The van der Waals surface area contributed by atoms with Crippen molar-refractivity contribution in [2.24, 2.45) is 4.99 Å². The third-order valence-corrected chi connectivity index (χ3v) is 4.40. The molecular weight excluding hydrogens is 356 g/mol. The van der Waals surface area contributed by atoms with Gasteiger partial charge >= 0.3 is 0 Å². The number of aromatic amines is 1. The molecule has 140 valence electrons. The number of hydrogen-bond donors (Lipinski definition) is 3. The van der Waals surface area contributed by atoms with Crippen molar-refractivity contribution in [3.8, 4) is 6.07 Å². The summed E-state index contributed by atoms with van der Waals surface area (Å²) < 4.78 is 5.33. The van der Waals surface area contributed by atoms with Crippen molar-refractivity contribution >= 4 is 17.5 Å². The fraction of sp³-hybridized carbons (Fsp3) is 0.158. The highest BCUT2D eigenvalue weighted by Crippen LogP contribution is 2.29. The minimum Gasteiger partial charge on any atom is -0.346 e. The van der Waals surface area contributed by atoms with Crippen LogP contribution < -0.4 is 15.5 Å². The maximum atomic E-state index is 9.46. The summed E-state index contributed by atoms with van der Waals surface area (Å²) in [7, 11) is 1.83. The van der Waals surface area contributed by atoms with Crippen LogP contribution in [-0.2, 0) is 0 Å². The highest BCUT2D eigenvalue weighted by atomic mass is 16.5. The number of benzene rings is 1. The van der Waals surface area contributed by atoms with Crippen LogP contribution in [-0.4, -0.2) is 34.0 Å². The van der Waals surface area contributed by atoms with Crippen LogP contribution in [0.25, 0.3) is 0 Å². The molecule has 0 amide bonds. The Balaban J connectivity index is 1.82. The maximum absolute atomic E-state index is 9.46. The second kappa shape index (κ2) is 6.92. The average molecular weight is 374 g/mol. The van der Waals surface area contributed by atoms with Crippen LogP contribution in [0.1, 0.15) is 16.8 Å². The molecule has 0 saturated carbocycles. The van der Waals surface area contributed by atoms with E-state index in [0.29, 0.717) is 28.7 Å². The predicted molar refractivity (Wildman–Crippen MR) is 105 cm³/mol. The fourth-order valence-corrected chi connectivity index (χ4v) is 2.96. The van der Waals surface area contributed by atoms with Gasteiger partial charge in [0.05, 0.1) is 17.8 Å². The fourth-order valence-electron chi connectivity index (χ4n) is 2.96. The van der Waals surface area contributed by atoms with Gasteiger partial charge in [0, 0.05) is 42.7 Å². The van der Waals surface area contributed by atoms with E-state index in [1.165, 1.54) is 0 Å². The largest absolute Gasteiger partial charge is 0.346 e. The molecule has 4 rings (SSSR count). The minimum atomic E-state index is -1.05. The lowest BCUT2D eigenvalue weighted by molar-refractivity contribution is 0.401. The lowest BCUT2D eigenvalue weighted by Crippen LogP contribution is -2.53. The summed E-state index contributed by atoms with van der Waals surface area (Å²) >= 11 is 0. The maximum Gasteiger partial charge on any atom is 0.234 e. The number of nitrogens with zero attached hydrogens (tertiary/aromatic N) is 5. The molecule has 1 atom stereocenters. The number of likely N-dealkylation sites (N-methyl/N-ethyl adjacent to an activating group) is 1. The number of anilines is 2. The van der Waals surface area contributed by atoms with E-state index in [9.17, 15) is 5.26 Å². The van der Waals surface area contributed by atoms with Gasteiger partial charge in [-0.1, -0.05) is 17.3 Å². The number of aliphatic imine (C=N–C) groups is 1. The Morgan fingerprint density at radius 3 is 2.86 bits per heavy atom. The van der Waals surface area contributed by atoms with E-state index >= 15 is 0 Å². The Morgan fingerprint density at radius 1 is 1.29 bits per heavy atom. The molecule has 0 saturated heterocycles. The summed E-state index contributed by atoms with van der Waals surface area (Å²) in [4.78, 5) is 6.70. The monoisotopic (exact) mass is 374 g/mol. The molecular formula is C19H18N8O. The quantitative estimate of drug-likeness (QED) is 0.587. The highest BCUT2D eigenvalue weighted by Gasteiger charge is 2.37. The number of H-pyrrole nitrogens is 1. The molecule has 3 heterocycles. The van der Waals surface area contributed by atoms with Crippen molar-refractivity contribution in [2.75, 3.05) is 17.3 Å². The molecule has 1 aliphatic heterocycles. The summed E-state index contributed by atoms with van der Waals surface area (Å²) in [6.45, 7) is 1.92. The first kappa shape index (κ1) is 17.4. The van der Waals surface area contributed by atoms with Crippen LogP contribution >= 0.6 is 0 Å². The Hall–Kier alpha value is -4.06. The number of aryl methyl sites for hydroxylation is 1. The predicted octanol–water partition coefficient (Wildman–Crippen LogP) is 2.34. The van der Waals surface area contributed by atoms with Gasteiger partial charge in [-0.2, -0.15) is 10.4 Å². The van der Waals surface area contributed by atoms with Gasteiger partial charge in [-0.05, 0) is 19.1 Å². The summed E-state index contributed by atoms with van der Waals surface area (Å²) in [6.07, 6.45) is 5.19. The molecule has 1 aliphatic rings. The number of nitrogens with one attached hydrogen (secondary N) is 3. The van der Waals surface area contributed by atoms with Gasteiger partial charge in [0.2, 0.25) is 11.7 Å². The highest BCUT2D eigenvalue weighted by molar-refractivity contribution is 6.02. The standard InChI is InChI=1S/C19H18N8O/c1-13-11-16(26-25-13)23-19(27(2)17-7-9-22-28-17)8-10-21-18(24-19)15-6-4-3-5-14(15)12-20/h3-11H,1-2H3,(H,21,24)(H2,23,25,26). The van der Waals surface area contributed by atoms with Crippen molar-refractivity contribution in [2.45, 2.75) is 12.7 Å². The summed E-state index contributed by atoms with van der Waals surface area (Å²) in [6, 6.07) is 13.1. The second-order valence-corrected chi connectivity index (χ2v) is 6.29. The first-order valence-corrected chi connectivity index (χ1v) is 8.59. The van der Waals surface area contributed by atoms with E-state index in [4.69, 9.17) is 9.52 Å². The zero-order chi connectivity index (χ0) is 19.6. The molecule has 0 fully saturated rings. The molecule has 0 radical (unpaired) electrons. The van der Waals surface area contributed by atoms with Gasteiger partial charge in [-0.15, -0.1) is 0 Å². The van der Waals surface area contributed by atoms with Crippen LogP contribution in [0.2, 0.25) is 0 Å². The second-order valence-electron chi connectivity index (χ2n) is 6.29. The van der Waals surface area contributed by atoms with E-state index in [-0.39, 0.29) is 0 Å². The van der Waals surface area contributed by atoms with Gasteiger partial charge in [-0.25, -0.2) is 4.99 Å². The van der Waals surface area contributed by atoms with Crippen LogP contribution in [0.3, 0.4) is 0 Å². The van der Waals surface area contributed by atoms with Crippen molar-refractivity contribution < 1.29 is 4.52 Å². The molecule has 28 heavy (non-hydrogen) atoms. The molecule has 0 spiro atoms. The third kappa shape index (κ3) is 3.07. The first-order chi connectivity index (χ1) is 13.6. The lowest BCUT2D eigenvalue weighted by Gasteiger charge is -2.38. The van der Waals surface area contributed by atoms with Crippen LogP contribution in [0, 0.1) is 18.3 Å². The minimum absolute atomic E-state index is 0.517. The molecule has 0 aliphatic carbocycles. The normalized spacial score (nSPS) is 18.1. The molecule has 9 nitrogen and oxygen atoms in total. The van der Waals surface area contributed by atoms with E-state index in [0.717, 1.165) is 5.69 Å². The molecule has 3 aromatic rings. The van der Waals surface area contributed by atoms with E-state index in [1.807, 2.05) is 44.3 Å². The smallest absolute Gasteiger partial charge is 0.234 e. The van der Waals surface area contributed by atoms with Gasteiger partial charge in [0.25, 0.3) is 0 Å². The van der Waals surface area contributed by atoms with Gasteiger partial charge in [-0.3, -0.25) is 10.00 Å². The SMILES string of the molecule is Cc1cc(NC2(N(C)c3ccno3)C=CNC(c3ccccc3C#N)=N2)n[nH]1. The van der Waals surface area contributed by atoms with E-state index in [2.05, 4.69) is 32.1 Å². The summed E-state index contributed by atoms with van der Waals surface area (Å²) in [5, 5.41) is 26.9. The zero-order valence-electron chi connectivity index (χ0n) is 15.3. The topological polar surface area (TPSA) is 118 Å². The lowest BCUT2D eigenvalue weighted by atomic mass is 10.1. The number of rotatable bonds is 5. The average Bonchev–Trinajstić information content (AvgIpc) is 3.39. The van der Waals surface area contributed by atoms with Crippen molar-refractivity contribution in [3.05, 3.63) is 71.7 Å². The van der Waals surface area contributed by atoms with Crippen LogP contribution in [0.5, 0.6) is 0 Å². The van der Waals surface area contributed by atoms with Gasteiger partial charge in [0.15, 0.2) is 5.82 Å². The van der Waals surface area contributed by atoms with Gasteiger partial charge < -0.3 is 15.2 Å². The molecule has 1 unspecified atom stereocenters. The van der Waals surface area contributed by atoms with Crippen molar-refractivity contribution in [1.82, 2.24) is 20.7 Å². The third-order valence-electron chi connectivity index (χ3n) is 4.40. The Labute approximate surface area is 161 Å². The zero-order valence-corrected chi connectivity index (χ0v) is 15.3. The number of aromatic nitrogens is 3. The van der Waals surface area contributed by atoms with Crippen LogP contribution in [0.4, 0.5) is 11.7 Å². The summed E-state index contributed by atoms with van der Waals surface area (Å²) in [5.41, 5.74) is 2.14. The molecule has 0 bridgehead atoms. The first-order valence-electron chi connectivity index (χ1n) is 8.59. The molecule has 2 aromatic heterocycles. The van der Waals surface area contributed by atoms with Crippen LogP contribution in [0.15, 0.2) is 64.4 Å². The van der Waals surface area contributed by atoms with E-state index < -0.39 is 5.79 Å². The number of hydrogen-bond acceptors (Lipinski definition) is 8. The van der Waals surface area contributed by atoms with Crippen molar-refractivity contribution in [1.29, 1.82) is 5.26 Å². The van der Waals surface area contributed by atoms with Crippen molar-refractivity contribution in [3.63, 3.8) is 0 Å². The Bertz CT molecular complexity index is 1080. The number of nitriles is 1. The Kier molecular flexibility index (Phi) is 4.29. The summed E-state index contributed by atoms with van der Waals surface area (Å²) in [5.74, 6) is 0.630. The molecule has 1 aromatic carbocycles. The number of amidine groups is 1. The van der Waals surface area contributed by atoms with E-state index in [1.54, 1.807) is 29.4 Å². The molecule has 3 N–H and O–H groups in total. The molecule has 9 heteroatoms. The van der Waals surface area contributed by atoms with Gasteiger partial charge in [0.1, 0.15) is 5.84 Å².